The highest BCUT2D eigenvalue weighted by atomic mass is 15.3. The van der Waals surface area contributed by atoms with Gasteiger partial charge in [-0.1, -0.05) is 13.0 Å². The second-order valence-corrected chi connectivity index (χ2v) is 8.81. The first kappa shape index (κ1) is 19.5. The molecule has 3 aromatic heterocycles. The number of hydrogen-bond donors (Lipinski definition) is 2. The molecule has 2 aliphatic heterocycles. The standard InChI is InChI=1S/C24H28N8/c1-2-30-7-9-31(10-8-30)18-14-32(15-18)17-12-23-20(26-13-17)6-5-19(27-23)16-3-4-21-22(11-16)29-24(25)28-21/h3-6,11-13,18H,2,7-10,14-15H2,1H3,(H3,25,28,29). The van der Waals surface area contributed by atoms with Gasteiger partial charge in [0.15, 0.2) is 5.95 Å². The van der Waals surface area contributed by atoms with Gasteiger partial charge >= 0.3 is 0 Å². The van der Waals surface area contributed by atoms with E-state index in [0.29, 0.717) is 12.0 Å². The molecule has 5 heterocycles. The Morgan fingerprint density at radius 2 is 1.78 bits per heavy atom. The van der Waals surface area contributed by atoms with Crippen LogP contribution in [-0.4, -0.2) is 81.6 Å². The van der Waals surface area contributed by atoms with Crippen molar-refractivity contribution in [2.45, 2.75) is 13.0 Å². The van der Waals surface area contributed by atoms with E-state index in [-0.39, 0.29) is 0 Å². The molecule has 0 aliphatic carbocycles. The molecular weight excluding hydrogens is 400 g/mol. The Kier molecular flexibility index (Phi) is 4.69. The normalized spacial score (nSPS) is 18.5. The summed E-state index contributed by atoms with van der Waals surface area (Å²) in [4.78, 5) is 24.5. The Hall–Kier alpha value is -3.23. The third-order valence-electron chi connectivity index (χ3n) is 6.92. The Morgan fingerprint density at radius 3 is 2.59 bits per heavy atom. The fraction of sp³-hybridized carbons (Fsp3) is 0.375. The number of imidazole rings is 1. The molecule has 0 radical (unpaired) electrons. The molecule has 8 heteroatoms. The number of anilines is 2. The summed E-state index contributed by atoms with van der Waals surface area (Å²) in [6.07, 6.45) is 1.98. The van der Waals surface area contributed by atoms with Crippen LogP contribution in [0.5, 0.6) is 0 Å². The average Bonchev–Trinajstić information content (AvgIpc) is 3.17. The molecule has 4 aromatic rings. The van der Waals surface area contributed by atoms with Crippen molar-refractivity contribution in [3.8, 4) is 11.3 Å². The van der Waals surface area contributed by atoms with Crippen molar-refractivity contribution in [1.82, 2.24) is 29.7 Å². The first-order valence-electron chi connectivity index (χ1n) is 11.4. The number of aromatic amines is 1. The second-order valence-electron chi connectivity index (χ2n) is 8.81. The van der Waals surface area contributed by atoms with Gasteiger partial charge in [0.05, 0.1) is 39.6 Å². The number of fused-ring (bicyclic) bond motifs is 2. The SMILES string of the molecule is CCN1CCN(C2CN(c3cnc4ccc(-c5ccc6nc(N)[nH]c6c5)nc4c3)C2)CC1. The molecule has 0 spiro atoms. The third kappa shape index (κ3) is 3.45. The molecular formula is C24H28N8. The Labute approximate surface area is 187 Å². The highest BCUT2D eigenvalue weighted by molar-refractivity contribution is 5.85. The Morgan fingerprint density at radius 1 is 0.969 bits per heavy atom. The zero-order chi connectivity index (χ0) is 21.7. The molecule has 0 atom stereocenters. The summed E-state index contributed by atoms with van der Waals surface area (Å²) < 4.78 is 0. The minimum atomic E-state index is 0.428. The topological polar surface area (TPSA) is 90.2 Å². The highest BCUT2D eigenvalue weighted by Gasteiger charge is 2.33. The highest BCUT2D eigenvalue weighted by Crippen LogP contribution is 2.28. The van der Waals surface area contributed by atoms with Gasteiger partial charge in [-0.15, -0.1) is 0 Å². The molecule has 2 aliphatic rings. The van der Waals surface area contributed by atoms with Crippen LogP contribution in [0.1, 0.15) is 6.92 Å². The molecule has 3 N–H and O–H groups in total. The number of piperazine rings is 1. The van der Waals surface area contributed by atoms with Crippen molar-refractivity contribution in [2.24, 2.45) is 0 Å². The number of pyridine rings is 2. The maximum atomic E-state index is 5.79. The monoisotopic (exact) mass is 428 g/mol. The minimum Gasteiger partial charge on any atom is -0.369 e. The van der Waals surface area contributed by atoms with Gasteiger partial charge < -0.3 is 20.5 Å². The van der Waals surface area contributed by atoms with Crippen molar-refractivity contribution in [1.29, 1.82) is 0 Å². The van der Waals surface area contributed by atoms with Gasteiger partial charge in [-0.25, -0.2) is 9.97 Å². The summed E-state index contributed by atoms with van der Waals surface area (Å²) in [5.41, 5.74) is 12.5. The number of rotatable bonds is 4. The van der Waals surface area contributed by atoms with E-state index in [2.05, 4.69) is 42.6 Å². The van der Waals surface area contributed by atoms with Crippen LogP contribution in [0.3, 0.4) is 0 Å². The number of hydrogen-bond acceptors (Lipinski definition) is 7. The van der Waals surface area contributed by atoms with Crippen LogP contribution < -0.4 is 10.6 Å². The summed E-state index contributed by atoms with van der Waals surface area (Å²) >= 11 is 0. The van der Waals surface area contributed by atoms with Crippen LogP contribution in [0, 0.1) is 0 Å². The summed E-state index contributed by atoms with van der Waals surface area (Å²) in [6.45, 7) is 10.3. The lowest BCUT2D eigenvalue weighted by Crippen LogP contribution is -2.63. The van der Waals surface area contributed by atoms with Crippen LogP contribution >= 0.6 is 0 Å². The van der Waals surface area contributed by atoms with Gasteiger partial charge in [-0.3, -0.25) is 9.88 Å². The molecule has 2 saturated heterocycles. The number of nitrogens with one attached hydrogen (secondary N) is 1. The molecule has 164 valence electrons. The van der Waals surface area contributed by atoms with Crippen molar-refractivity contribution in [2.75, 3.05) is 56.4 Å². The molecule has 8 nitrogen and oxygen atoms in total. The largest absolute Gasteiger partial charge is 0.369 e. The van der Waals surface area contributed by atoms with Gasteiger partial charge in [0.25, 0.3) is 0 Å². The number of aromatic nitrogens is 4. The lowest BCUT2D eigenvalue weighted by Gasteiger charge is -2.49. The van der Waals surface area contributed by atoms with Gasteiger partial charge in [-0.2, -0.15) is 0 Å². The Balaban J connectivity index is 1.20. The second kappa shape index (κ2) is 7.72. The number of H-pyrrole nitrogens is 1. The van der Waals surface area contributed by atoms with E-state index < -0.39 is 0 Å². The molecule has 32 heavy (non-hydrogen) atoms. The molecule has 2 fully saturated rings. The molecule has 0 saturated carbocycles. The number of nitrogen functional groups attached to an aromatic ring is 1. The van der Waals surface area contributed by atoms with Gasteiger partial charge in [0.2, 0.25) is 0 Å². The van der Waals surface area contributed by atoms with E-state index in [1.165, 1.54) is 26.2 Å². The van der Waals surface area contributed by atoms with Crippen LogP contribution in [0.2, 0.25) is 0 Å². The zero-order valence-corrected chi connectivity index (χ0v) is 18.3. The summed E-state index contributed by atoms with van der Waals surface area (Å²) in [5, 5.41) is 0. The molecule has 0 unspecified atom stereocenters. The van der Waals surface area contributed by atoms with E-state index in [1.807, 2.05) is 36.5 Å². The van der Waals surface area contributed by atoms with Crippen molar-refractivity contribution in [3.63, 3.8) is 0 Å². The minimum absolute atomic E-state index is 0.428. The van der Waals surface area contributed by atoms with Crippen LogP contribution in [0.25, 0.3) is 33.3 Å². The van der Waals surface area contributed by atoms with E-state index in [4.69, 9.17) is 10.7 Å². The van der Waals surface area contributed by atoms with Crippen LogP contribution in [0.15, 0.2) is 42.6 Å². The Bertz CT molecular complexity index is 1270. The zero-order valence-electron chi connectivity index (χ0n) is 18.3. The first-order chi connectivity index (χ1) is 15.7. The quantitative estimate of drug-likeness (QED) is 0.516. The fourth-order valence-electron chi connectivity index (χ4n) is 4.86. The third-order valence-corrected chi connectivity index (χ3v) is 6.92. The summed E-state index contributed by atoms with van der Waals surface area (Å²) in [5.74, 6) is 0.428. The van der Waals surface area contributed by atoms with Gasteiger partial charge in [0.1, 0.15) is 0 Å². The number of nitrogens with zero attached hydrogens (tertiary/aromatic N) is 6. The van der Waals surface area contributed by atoms with E-state index in [1.54, 1.807) is 0 Å². The summed E-state index contributed by atoms with van der Waals surface area (Å²) in [7, 11) is 0. The van der Waals surface area contributed by atoms with Gasteiger partial charge in [-0.05, 0) is 36.9 Å². The maximum absolute atomic E-state index is 5.79. The predicted molar refractivity (Wildman–Crippen MR) is 129 cm³/mol. The first-order valence-corrected chi connectivity index (χ1v) is 11.4. The smallest absolute Gasteiger partial charge is 0.198 e. The molecule has 0 bridgehead atoms. The number of benzene rings is 1. The lowest BCUT2D eigenvalue weighted by atomic mass is 10.0. The maximum Gasteiger partial charge on any atom is 0.198 e. The van der Waals surface area contributed by atoms with E-state index in [9.17, 15) is 0 Å². The van der Waals surface area contributed by atoms with Crippen molar-refractivity contribution >= 4 is 33.7 Å². The number of nitrogens with two attached hydrogens (primary N) is 1. The number of likely N-dealkylation sites (N-methyl/N-ethyl adjacent to an activating group) is 1. The average molecular weight is 429 g/mol. The van der Waals surface area contributed by atoms with E-state index in [0.717, 1.165) is 58.6 Å². The van der Waals surface area contributed by atoms with E-state index >= 15 is 0 Å². The molecule has 1 aromatic carbocycles. The summed E-state index contributed by atoms with van der Waals surface area (Å²) in [6, 6.07) is 12.9. The molecule has 6 rings (SSSR count). The lowest BCUT2D eigenvalue weighted by molar-refractivity contribution is 0.0861. The van der Waals surface area contributed by atoms with Crippen LogP contribution in [0.4, 0.5) is 11.6 Å². The predicted octanol–water partition coefficient (Wildman–Crippen LogP) is 2.58. The van der Waals surface area contributed by atoms with Gasteiger partial charge in [0, 0.05) is 50.9 Å². The molecule has 0 amide bonds. The fourth-order valence-corrected chi connectivity index (χ4v) is 4.86. The van der Waals surface area contributed by atoms with Crippen molar-refractivity contribution in [3.05, 3.63) is 42.6 Å². The van der Waals surface area contributed by atoms with Crippen molar-refractivity contribution < 1.29 is 0 Å². The van der Waals surface area contributed by atoms with Crippen LogP contribution in [-0.2, 0) is 0 Å².